The summed E-state index contributed by atoms with van der Waals surface area (Å²) in [6, 6.07) is 22.2. The molecule has 0 aliphatic carbocycles. The first-order chi connectivity index (χ1) is 20.0. The van der Waals surface area contributed by atoms with Crippen molar-refractivity contribution in [1.29, 1.82) is 0 Å². The van der Waals surface area contributed by atoms with Crippen molar-refractivity contribution in [3.63, 3.8) is 0 Å². The van der Waals surface area contributed by atoms with Gasteiger partial charge in [-0.25, -0.2) is 8.42 Å². The number of rotatable bonds is 14. The Kier molecular flexibility index (Phi) is 16.0. The fourth-order valence-electron chi connectivity index (χ4n) is 3.73. The van der Waals surface area contributed by atoms with E-state index in [2.05, 4.69) is 43.2 Å². The number of carbonyl (C=O) groups excluding carboxylic acids is 2. The molecule has 0 saturated carbocycles. The van der Waals surface area contributed by atoms with Crippen molar-refractivity contribution in [2.75, 3.05) is 26.3 Å². The van der Waals surface area contributed by atoms with Crippen LogP contribution in [-0.2, 0) is 42.2 Å². The summed E-state index contributed by atoms with van der Waals surface area (Å²) in [6.45, 7) is 7.80. The summed E-state index contributed by atoms with van der Waals surface area (Å²) in [5, 5.41) is 3.20. The normalized spacial score (nSPS) is 11.0. The van der Waals surface area contributed by atoms with E-state index in [0.29, 0.717) is 19.6 Å². The average Bonchev–Trinajstić information content (AvgIpc) is 2.94. The van der Waals surface area contributed by atoms with Gasteiger partial charge in [-0.05, 0) is 68.3 Å². The molecule has 0 fully saturated rings. The predicted molar refractivity (Wildman–Crippen MR) is 171 cm³/mol. The first kappa shape index (κ1) is 35.6. The van der Waals surface area contributed by atoms with E-state index in [1.54, 1.807) is 31.2 Å². The molecule has 0 bridgehead atoms. The standard InChI is InChI=1S/C19H22BrNO4S.C12H16BrNO2/c1-3-25-19(22)11-12-21(14-16-5-4-6-17(20)13-16)26(23,24)18-9-7-15(2)8-10-18;1-2-16-12(15)6-7-14-9-10-4-3-5-11(13)8-10/h4-10,13H,3,11-12,14H2,1-2H3;3-5,8,14H,2,6-7,9H2,1H3. The van der Waals surface area contributed by atoms with E-state index in [9.17, 15) is 18.0 Å². The quantitative estimate of drug-likeness (QED) is 0.152. The van der Waals surface area contributed by atoms with Crippen LogP contribution in [0.4, 0.5) is 0 Å². The van der Waals surface area contributed by atoms with E-state index >= 15 is 0 Å². The zero-order valence-electron chi connectivity index (χ0n) is 24.1. The number of ether oxygens (including phenoxy) is 2. The maximum absolute atomic E-state index is 13.1. The highest BCUT2D eigenvalue weighted by Crippen LogP contribution is 2.21. The number of esters is 2. The minimum atomic E-state index is -3.73. The summed E-state index contributed by atoms with van der Waals surface area (Å²) >= 11 is 6.81. The lowest BCUT2D eigenvalue weighted by Crippen LogP contribution is -2.33. The van der Waals surface area contributed by atoms with Crippen LogP contribution in [-0.4, -0.2) is 51.0 Å². The van der Waals surface area contributed by atoms with Crippen molar-refractivity contribution in [2.24, 2.45) is 0 Å². The van der Waals surface area contributed by atoms with Crippen LogP contribution in [0.2, 0.25) is 0 Å². The third-order valence-corrected chi connectivity index (χ3v) is 8.65. The molecular formula is C31H38Br2N2O6S. The summed E-state index contributed by atoms with van der Waals surface area (Å²) in [7, 11) is -3.73. The topological polar surface area (TPSA) is 102 Å². The minimum Gasteiger partial charge on any atom is -0.466 e. The van der Waals surface area contributed by atoms with E-state index in [0.717, 1.165) is 26.6 Å². The molecule has 0 heterocycles. The Bertz CT molecular complexity index is 1380. The fourth-order valence-corrected chi connectivity index (χ4v) is 6.06. The Morgan fingerprint density at radius 1 is 0.810 bits per heavy atom. The van der Waals surface area contributed by atoms with Crippen molar-refractivity contribution < 1.29 is 27.5 Å². The van der Waals surface area contributed by atoms with Gasteiger partial charge in [-0.1, -0.05) is 73.8 Å². The van der Waals surface area contributed by atoms with Crippen LogP contribution in [0.1, 0.15) is 43.4 Å². The lowest BCUT2D eigenvalue weighted by atomic mass is 10.2. The Balaban J connectivity index is 0.000000330. The number of hydrogen-bond donors (Lipinski definition) is 1. The molecule has 0 spiro atoms. The average molecular weight is 727 g/mol. The highest BCUT2D eigenvalue weighted by molar-refractivity contribution is 9.10. The Labute approximate surface area is 266 Å². The van der Waals surface area contributed by atoms with Crippen LogP contribution in [0.15, 0.2) is 86.6 Å². The molecule has 0 amide bonds. The lowest BCUT2D eigenvalue weighted by molar-refractivity contribution is -0.144. The summed E-state index contributed by atoms with van der Waals surface area (Å²) in [5.74, 6) is -0.560. The molecule has 0 aromatic heterocycles. The van der Waals surface area contributed by atoms with Crippen molar-refractivity contribution in [2.45, 2.75) is 51.6 Å². The number of benzene rings is 3. The van der Waals surface area contributed by atoms with Gasteiger partial charge in [0.2, 0.25) is 10.0 Å². The first-order valence-electron chi connectivity index (χ1n) is 13.6. The number of aryl methyl sites for hydroxylation is 1. The van der Waals surface area contributed by atoms with Crippen molar-refractivity contribution in [3.8, 4) is 0 Å². The van der Waals surface area contributed by atoms with Crippen LogP contribution in [0, 0.1) is 6.92 Å². The zero-order valence-corrected chi connectivity index (χ0v) is 28.1. The molecular weight excluding hydrogens is 688 g/mol. The van der Waals surface area contributed by atoms with Crippen molar-refractivity contribution >= 4 is 53.8 Å². The number of halogens is 2. The third kappa shape index (κ3) is 13.2. The molecule has 11 heteroatoms. The monoisotopic (exact) mass is 724 g/mol. The van der Waals surface area contributed by atoms with Gasteiger partial charge in [0.15, 0.2) is 0 Å². The van der Waals surface area contributed by atoms with Gasteiger partial charge in [-0.3, -0.25) is 9.59 Å². The zero-order chi connectivity index (χ0) is 31.0. The van der Waals surface area contributed by atoms with Crippen molar-refractivity contribution in [3.05, 3.63) is 98.4 Å². The molecule has 42 heavy (non-hydrogen) atoms. The van der Waals surface area contributed by atoms with Gasteiger partial charge >= 0.3 is 11.9 Å². The number of sulfonamides is 1. The third-order valence-electron chi connectivity index (χ3n) is 5.81. The highest BCUT2D eigenvalue weighted by atomic mass is 79.9. The van der Waals surface area contributed by atoms with Crippen LogP contribution >= 0.6 is 31.9 Å². The fraction of sp³-hybridized carbons (Fsp3) is 0.355. The van der Waals surface area contributed by atoms with Crippen LogP contribution in [0.25, 0.3) is 0 Å². The second-order valence-corrected chi connectivity index (χ2v) is 13.0. The molecule has 228 valence electrons. The SMILES string of the molecule is CCOC(=O)CCN(Cc1cccc(Br)c1)S(=O)(=O)c1ccc(C)cc1.CCOC(=O)CCNCc1cccc(Br)c1. The van der Waals surface area contributed by atoms with Gasteiger partial charge < -0.3 is 14.8 Å². The van der Waals surface area contributed by atoms with Gasteiger partial charge in [0.05, 0.1) is 31.0 Å². The molecule has 3 aromatic carbocycles. The Hall–Kier alpha value is -2.57. The minimum absolute atomic E-state index is 0.00688. The summed E-state index contributed by atoms with van der Waals surface area (Å²) < 4.78 is 39.1. The number of hydrogen-bond acceptors (Lipinski definition) is 7. The summed E-state index contributed by atoms with van der Waals surface area (Å²) in [5.41, 5.74) is 3.01. The molecule has 3 rings (SSSR count). The van der Waals surface area contributed by atoms with E-state index in [-0.39, 0.29) is 37.0 Å². The second kappa shape index (κ2) is 18.9. The van der Waals surface area contributed by atoms with Gasteiger partial charge in [-0.2, -0.15) is 4.31 Å². The van der Waals surface area contributed by atoms with E-state index in [4.69, 9.17) is 9.47 Å². The molecule has 0 unspecified atom stereocenters. The predicted octanol–water partition coefficient (Wildman–Crippen LogP) is 6.39. The Morgan fingerprint density at radius 3 is 1.93 bits per heavy atom. The molecule has 0 atom stereocenters. The highest BCUT2D eigenvalue weighted by Gasteiger charge is 2.25. The lowest BCUT2D eigenvalue weighted by Gasteiger charge is -2.22. The molecule has 3 aromatic rings. The molecule has 0 saturated heterocycles. The van der Waals surface area contributed by atoms with Gasteiger partial charge in [0, 0.05) is 35.1 Å². The summed E-state index contributed by atoms with van der Waals surface area (Å²) in [6.07, 6.45) is 0.425. The molecule has 0 radical (unpaired) electrons. The smallest absolute Gasteiger partial charge is 0.307 e. The van der Waals surface area contributed by atoms with Crippen LogP contribution < -0.4 is 5.32 Å². The van der Waals surface area contributed by atoms with Crippen LogP contribution in [0.5, 0.6) is 0 Å². The molecule has 0 aliphatic heterocycles. The van der Waals surface area contributed by atoms with Crippen molar-refractivity contribution in [1.82, 2.24) is 9.62 Å². The molecule has 1 N–H and O–H groups in total. The van der Waals surface area contributed by atoms with E-state index in [1.165, 1.54) is 9.87 Å². The maximum Gasteiger partial charge on any atom is 0.307 e. The summed E-state index contributed by atoms with van der Waals surface area (Å²) in [4.78, 5) is 23.0. The maximum atomic E-state index is 13.1. The molecule has 0 aliphatic rings. The molecule has 8 nitrogen and oxygen atoms in total. The van der Waals surface area contributed by atoms with Gasteiger partial charge in [0.1, 0.15) is 0 Å². The number of nitrogens with zero attached hydrogens (tertiary/aromatic N) is 1. The first-order valence-corrected chi connectivity index (χ1v) is 16.6. The van der Waals surface area contributed by atoms with Gasteiger partial charge in [0.25, 0.3) is 0 Å². The second-order valence-electron chi connectivity index (χ2n) is 9.20. The van der Waals surface area contributed by atoms with E-state index in [1.807, 2.05) is 56.3 Å². The van der Waals surface area contributed by atoms with Crippen LogP contribution in [0.3, 0.4) is 0 Å². The number of carbonyl (C=O) groups is 2. The van der Waals surface area contributed by atoms with E-state index < -0.39 is 16.0 Å². The Morgan fingerprint density at radius 2 is 1.36 bits per heavy atom. The van der Waals surface area contributed by atoms with Gasteiger partial charge in [-0.15, -0.1) is 0 Å². The number of nitrogens with one attached hydrogen (secondary N) is 1. The largest absolute Gasteiger partial charge is 0.466 e.